The highest BCUT2D eigenvalue weighted by Gasteiger charge is 2.35. The molecule has 24 heavy (non-hydrogen) atoms. The number of ketones is 1. The highest BCUT2D eigenvalue weighted by atomic mass is 16.5. The van der Waals surface area contributed by atoms with Gasteiger partial charge in [0.05, 0.1) is 12.5 Å². The number of rotatable bonds is 2. The quantitative estimate of drug-likeness (QED) is 0.868. The van der Waals surface area contributed by atoms with E-state index in [2.05, 4.69) is 26.0 Å². The standard InChI is InChI=1S/C21H24O3/c1-12(2)15-10-13-6-8-17-14(7-9-18(22)21(17,3)4)11-16(13)19(23)20(15)24-5/h7-12,23H,6H2,1-5H3. The predicted molar refractivity (Wildman–Crippen MR) is 96.4 cm³/mol. The summed E-state index contributed by atoms with van der Waals surface area (Å²) in [7, 11) is 1.59. The van der Waals surface area contributed by atoms with Crippen molar-refractivity contribution in [1.29, 1.82) is 0 Å². The molecule has 0 saturated heterocycles. The third-order valence-corrected chi connectivity index (χ3v) is 5.07. The molecule has 3 nitrogen and oxygen atoms in total. The van der Waals surface area contributed by atoms with Gasteiger partial charge in [0.1, 0.15) is 0 Å². The van der Waals surface area contributed by atoms with Crippen LogP contribution in [0.5, 0.6) is 11.5 Å². The van der Waals surface area contributed by atoms with Crippen molar-refractivity contribution in [2.75, 3.05) is 7.11 Å². The zero-order valence-electron chi connectivity index (χ0n) is 14.9. The predicted octanol–water partition coefficient (Wildman–Crippen LogP) is 4.56. The molecule has 0 spiro atoms. The van der Waals surface area contributed by atoms with E-state index in [4.69, 9.17) is 4.74 Å². The second-order valence-electron chi connectivity index (χ2n) is 7.32. The average molecular weight is 324 g/mol. The van der Waals surface area contributed by atoms with Crippen molar-refractivity contribution in [2.24, 2.45) is 5.41 Å². The number of carbonyl (C=O) groups is 1. The maximum atomic E-state index is 12.2. The summed E-state index contributed by atoms with van der Waals surface area (Å²) in [5, 5.41) is 10.8. The topological polar surface area (TPSA) is 46.5 Å². The molecule has 1 aromatic carbocycles. The van der Waals surface area contributed by atoms with Crippen LogP contribution in [0.15, 0.2) is 35.4 Å². The van der Waals surface area contributed by atoms with Crippen LogP contribution in [0, 0.1) is 5.41 Å². The van der Waals surface area contributed by atoms with Crippen LogP contribution >= 0.6 is 0 Å². The number of aromatic hydroxyl groups is 1. The summed E-state index contributed by atoms with van der Waals surface area (Å²) in [6.07, 6.45) is 8.25. The first kappa shape index (κ1) is 16.6. The van der Waals surface area contributed by atoms with Crippen molar-refractivity contribution in [1.82, 2.24) is 0 Å². The summed E-state index contributed by atoms with van der Waals surface area (Å²) < 4.78 is 5.47. The van der Waals surface area contributed by atoms with Gasteiger partial charge in [0.15, 0.2) is 17.3 Å². The number of ether oxygens (including phenoxy) is 1. The summed E-state index contributed by atoms with van der Waals surface area (Å²) in [6, 6.07) is 2.11. The van der Waals surface area contributed by atoms with Crippen molar-refractivity contribution >= 4 is 11.9 Å². The minimum absolute atomic E-state index is 0.113. The lowest BCUT2D eigenvalue weighted by Crippen LogP contribution is -2.28. The number of hydrogen-bond acceptors (Lipinski definition) is 3. The van der Waals surface area contributed by atoms with E-state index in [-0.39, 0.29) is 17.5 Å². The van der Waals surface area contributed by atoms with Gasteiger partial charge in [-0.05, 0) is 55.0 Å². The van der Waals surface area contributed by atoms with Gasteiger partial charge in [0.2, 0.25) is 0 Å². The molecule has 0 radical (unpaired) electrons. The van der Waals surface area contributed by atoms with Gasteiger partial charge >= 0.3 is 0 Å². The van der Waals surface area contributed by atoms with Gasteiger partial charge in [-0.3, -0.25) is 4.79 Å². The molecule has 2 aliphatic rings. The molecular weight excluding hydrogens is 300 g/mol. The number of methoxy groups -OCH3 is 1. The van der Waals surface area contributed by atoms with E-state index >= 15 is 0 Å². The zero-order chi connectivity index (χ0) is 17.6. The lowest BCUT2D eigenvalue weighted by Gasteiger charge is -2.29. The largest absolute Gasteiger partial charge is 0.504 e. The Bertz CT molecular complexity index is 805. The summed E-state index contributed by atoms with van der Waals surface area (Å²) >= 11 is 0. The van der Waals surface area contributed by atoms with Gasteiger partial charge < -0.3 is 9.84 Å². The smallest absolute Gasteiger partial charge is 0.165 e. The summed E-state index contributed by atoms with van der Waals surface area (Å²) in [6.45, 7) is 8.08. The normalized spacial score (nSPS) is 18.5. The second kappa shape index (κ2) is 5.66. The Labute approximate surface area is 143 Å². The molecule has 0 bridgehead atoms. The van der Waals surface area contributed by atoms with Crippen molar-refractivity contribution in [3.63, 3.8) is 0 Å². The number of hydrogen-bond donors (Lipinski definition) is 1. The SMILES string of the molecule is COc1c(C(C)C)cc2c(c1O)C=C1C=CC(=O)C(C)(C)C1=CC2. The van der Waals surface area contributed by atoms with E-state index in [1.807, 2.05) is 26.0 Å². The number of allylic oxidation sites excluding steroid dienone is 5. The Morgan fingerprint density at radius 3 is 2.58 bits per heavy atom. The van der Waals surface area contributed by atoms with Gasteiger partial charge in [0.25, 0.3) is 0 Å². The van der Waals surface area contributed by atoms with Gasteiger partial charge in [-0.2, -0.15) is 0 Å². The minimum atomic E-state index is -0.538. The summed E-state index contributed by atoms with van der Waals surface area (Å²) in [5.74, 6) is 1.09. The second-order valence-corrected chi connectivity index (χ2v) is 7.32. The Morgan fingerprint density at radius 1 is 1.25 bits per heavy atom. The molecule has 0 amide bonds. The lowest BCUT2D eigenvalue weighted by atomic mass is 9.73. The molecule has 126 valence electrons. The molecule has 3 rings (SSSR count). The van der Waals surface area contributed by atoms with Crippen molar-refractivity contribution in [3.05, 3.63) is 52.1 Å². The fraction of sp³-hybridized carbons (Fsp3) is 0.381. The summed E-state index contributed by atoms with van der Waals surface area (Å²) in [4.78, 5) is 12.2. The Kier molecular flexibility index (Phi) is 3.90. The maximum absolute atomic E-state index is 12.2. The molecule has 0 unspecified atom stereocenters. The molecule has 1 N–H and O–H groups in total. The van der Waals surface area contributed by atoms with Gasteiger partial charge in [-0.25, -0.2) is 0 Å². The van der Waals surface area contributed by atoms with E-state index in [9.17, 15) is 9.90 Å². The van der Waals surface area contributed by atoms with E-state index in [0.29, 0.717) is 12.2 Å². The van der Waals surface area contributed by atoms with Crippen LogP contribution < -0.4 is 4.74 Å². The van der Waals surface area contributed by atoms with Crippen molar-refractivity contribution < 1.29 is 14.6 Å². The third-order valence-electron chi connectivity index (χ3n) is 5.07. The first-order chi connectivity index (χ1) is 11.3. The monoisotopic (exact) mass is 324 g/mol. The highest BCUT2D eigenvalue weighted by molar-refractivity contribution is 6.01. The van der Waals surface area contributed by atoms with Gasteiger partial charge in [0, 0.05) is 11.1 Å². The molecular formula is C21H24O3. The maximum Gasteiger partial charge on any atom is 0.165 e. The first-order valence-electron chi connectivity index (χ1n) is 8.35. The lowest BCUT2D eigenvalue weighted by molar-refractivity contribution is -0.120. The van der Waals surface area contributed by atoms with Crippen LogP contribution in [-0.4, -0.2) is 18.0 Å². The van der Waals surface area contributed by atoms with Crippen LogP contribution in [0.4, 0.5) is 0 Å². The third kappa shape index (κ3) is 2.39. The molecule has 2 aliphatic carbocycles. The Hall–Kier alpha value is -2.29. The zero-order valence-corrected chi connectivity index (χ0v) is 14.9. The summed E-state index contributed by atoms with van der Waals surface area (Å²) in [5.41, 5.74) is 4.31. The fourth-order valence-electron chi connectivity index (χ4n) is 3.54. The molecule has 0 saturated carbocycles. The molecule has 0 aliphatic heterocycles. The Morgan fingerprint density at radius 2 is 1.96 bits per heavy atom. The van der Waals surface area contributed by atoms with Crippen LogP contribution in [-0.2, 0) is 11.2 Å². The van der Waals surface area contributed by atoms with Gasteiger partial charge in [-0.15, -0.1) is 0 Å². The molecule has 0 heterocycles. The van der Waals surface area contributed by atoms with Crippen LogP contribution in [0.2, 0.25) is 0 Å². The van der Waals surface area contributed by atoms with Crippen molar-refractivity contribution in [3.8, 4) is 11.5 Å². The average Bonchev–Trinajstić information content (AvgIpc) is 2.71. The molecule has 3 heteroatoms. The van der Waals surface area contributed by atoms with Gasteiger partial charge in [-0.1, -0.05) is 32.1 Å². The number of fused-ring (bicyclic) bond motifs is 2. The van der Waals surface area contributed by atoms with Crippen LogP contribution in [0.25, 0.3) is 6.08 Å². The number of phenols is 1. The van der Waals surface area contributed by atoms with E-state index in [0.717, 1.165) is 27.8 Å². The fourth-order valence-corrected chi connectivity index (χ4v) is 3.54. The number of benzene rings is 1. The number of carbonyl (C=O) groups excluding carboxylic acids is 1. The van der Waals surface area contributed by atoms with Crippen molar-refractivity contribution in [2.45, 2.75) is 40.0 Å². The van der Waals surface area contributed by atoms with Crippen LogP contribution in [0.1, 0.15) is 50.3 Å². The highest BCUT2D eigenvalue weighted by Crippen LogP contribution is 2.45. The minimum Gasteiger partial charge on any atom is -0.504 e. The van der Waals surface area contributed by atoms with E-state index in [1.54, 1.807) is 13.2 Å². The molecule has 0 aromatic heterocycles. The first-order valence-corrected chi connectivity index (χ1v) is 8.35. The molecule has 0 fully saturated rings. The van der Waals surface area contributed by atoms with E-state index < -0.39 is 5.41 Å². The molecule has 0 atom stereocenters. The van der Waals surface area contributed by atoms with E-state index in [1.165, 1.54) is 0 Å². The Balaban J connectivity index is 2.25. The van der Waals surface area contributed by atoms with Crippen LogP contribution in [0.3, 0.4) is 0 Å². The molecule has 1 aromatic rings. The number of phenolic OH excluding ortho intramolecular Hbond substituents is 1.